The molecular weight excluding hydrogens is 196 g/mol. The minimum Gasteiger partial charge on any atom is -0.328 e. The van der Waals surface area contributed by atoms with Crippen LogP contribution in [0.3, 0.4) is 0 Å². The van der Waals surface area contributed by atoms with Crippen molar-refractivity contribution in [3.8, 4) is 0 Å². The van der Waals surface area contributed by atoms with Gasteiger partial charge in [-0.1, -0.05) is 26.2 Å². The van der Waals surface area contributed by atoms with Crippen molar-refractivity contribution in [3.05, 3.63) is 0 Å². The second-order valence-electron chi connectivity index (χ2n) is 5.42. The molecule has 16 heavy (non-hydrogen) atoms. The minimum atomic E-state index is 0.381. The highest BCUT2D eigenvalue weighted by atomic mass is 15.1. The van der Waals surface area contributed by atoms with Crippen LogP contribution < -0.4 is 5.73 Å². The molecule has 1 aliphatic heterocycles. The van der Waals surface area contributed by atoms with Crippen LogP contribution in [0.1, 0.15) is 65.2 Å². The van der Waals surface area contributed by atoms with Crippen molar-refractivity contribution in [2.75, 3.05) is 13.1 Å². The SMILES string of the molecule is CCC1CCCCCN1CCCCC(C)N. The molecule has 1 heterocycles. The first-order valence-corrected chi connectivity index (χ1v) is 7.23. The van der Waals surface area contributed by atoms with Crippen molar-refractivity contribution in [2.24, 2.45) is 5.73 Å². The van der Waals surface area contributed by atoms with Crippen molar-refractivity contribution < 1.29 is 0 Å². The predicted molar refractivity (Wildman–Crippen MR) is 71.6 cm³/mol. The van der Waals surface area contributed by atoms with Crippen LogP contribution in [0.4, 0.5) is 0 Å². The third kappa shape index (κ3) is 5.31. The topological polar surface area (TPSA) is 29.3 Å². The third-order valence-corrected chi connectivity index (χ3v) is 3.83. The zero-order valence-corrected chi connectivity index (χ0v) is 11.3. The van der Waals surface area contributed by atoms with Crippen molar-refractivity contribution in [3.63, 3.8) is 0 Å². The molecule has 0 bridgehead atoms. The first kappa shape index (κ1) is 14.0. The minimum absolute atomic E-state index is 0.381. The standard InChI is InChI=1S/C14H30N2/c1-3-14-10-5-4-7-11-16(14)12-8-6-9-13(2)15/h13-14H,3-12,15H2,1-2H3. The van der Waals surface area contributed by atoms with Crippen LogP contribution >= 0.6 is 0 Å². The van der Waals surface area contributed by atoms with E-state index in [0.29, 0.717) is 6.04 Å². The molecule has 0 aromatic rings. The maximum absolute atomic E-state index is 5.78. The second kappa shape index (κ2) is 8.08. The zero-order valence-electron chi connectivity index (χ0n) is 11.3. The molecule has 1 rings (SSSR count). The summed E-state index contributed by atoms with van der Waals surface area (Å²) >= 11 is 0. The van der Waals surface area contributed by atoms with E-state index in [1.807, 2.05) is 0 Å². The first-order valence-electron chi connectivity index (χ1n) is 7.23. The van der Waals surface area contributed by atoms with Gasteiger partial charge >= 0.3 is 0 Å². The molecule has 0 aromatic heterocycles. The van der Waals surface area contributed by atoms with E-state index in [9.17, 15) is 0 Å². The largest absolute Gasteiger partial charge is 0.328 e. The van der Waals surface area contributed by atoms with Crippen LogP contribution in [0.15, 0.2) is 0 Å². The molecule has 0 radical (unpaired) electrons. The van der Waals surface area contributed by atoms with Gasteiger partial charge in [-0.15, -0.1) is 0 Å². The summed E-state index contributed by atoms with van der Waals surface area (Å²) in [7, 11) is 0. The Balaban J connectivity index is 2.20. The first-order chi connectivity index (χ1) is 7.74. The number of hydrogen-bond acceptors (Lipinski definition) is 2. The highest BCUT2D eigenvalue weighted by Gasteiger charge is 2.18. The average Bonchev–Trinajstić information content (AvgIpc) is 2.48. The fourth-order valence-corrected chi connectivity index (χ4v) is 2.77. The lowest BCUT2D eigenvalue weighted by Gasteiger charge is -2.29. The molecule has 96 valence electrons. The summed E-state index contributed by atoms with van der Waals surface area (Å²) in [4.78, 5) is 2.73. The summed E-state index contributed by atoms with van der Waals surface area (Å²) in [5.74, 6) is 0. The van der Waals surface area contributed by atoms with E-state index in [4.69, 9.17) is 5.73 Å². The van der Waals surface area contributed by atoms with Crippen LogP contribution in [0.2, 0.25) is 0 Å². The van der Waals surface area contributed by atoms with Gasteiger partial charge in [-0.25, -0.2) is 0 Å². The van der Waals surface area contributed by atoms with Gasteiger partial charge in [0.15, 0.2) is 0 Å². The Morgan fingerprint density at radius 3 is 2.75 bits per heavy atom. The summed E-state index contributed by atoms with van der Waals surface area (Å²) < 4.78 is 0. The Kier molecular flexibility index (Phi) is 7.06. The third-order valence-electron chi connectivity index (χ3n) is 3.83. The van der Waals surface area contributed by atoms with Crippen molar-refractivity contribution in [1.82, 2.24) is 4.90 Å². The molecular formula is C14H30N2. The van der Waals surface area contributed by atoms with Crippen molar-refractivity contribution >= 4 is 0 Å². The lowest BCUT2D eigenvalue weighted by molar-refractivity contribution is 0.190. The highest BCUT2D eigenvalue weighted by Crippen LogP contribution is 2.19. The number of likely N-dealkylation sites (tertiary alicyclic amines) is 1. The van der Waals surface area contributed by atoms with Gasteiger partial charge in [0.1, 0.15) is 0 Å². The molecule has 0 aromatic carbocycles. The van der Waals surface area contributed by atoms with E-state index in [-0.39, 0.29) is 0 Å². The van der Waals surface area contributed by atoms with Gasteiger partial charge in [0.25, 0.3) is 0 Å². The molecule has 0 saturated carbocycles. The van der Waals surface area contributed by atoms with Gasteiger partial charge in [0.2, 0.25) is 0 Å². The molecule has 2 heteroatoms. The Morgan fingerprint density at radius 2 is 2.06 bits per heavy atom. The zero-order chi connectivity index (χ0) is 11.8. The lowest BCUT2D eigenvalue weighted by atomic mass is 10.1. The summed E-state index contributed by atoms with van der Waals surface area (Å²) in [5, 5.41) is 0. The molecule has 2 nitrogen and oxygen atoms in total. The van der Waals surface area contributed by atoms with Crippen molar-refractivity contribution in [2.45, 2.75) is 77.3 Å². The maximum atomic E-state index is 5.78. The normalized spacial score (nSPS) is 25.3. The highest BCUT2D eigenvalue weighted by molar-refractivity contribution is 4.74. The van der Waals surface area contributed by atoms with Crippen LogP contribution in [0, 0.1) is 0 Å². The number of hydrogen-bond donors (Lipinski definition) is 1. The number of rotatable bonds is 6. The van der Waals surface area contributed by atoms with E-state index in [0.717, 1.165) is 6.04 Å². The van der Waals surface area contributed by atoms with Crippen molar-refractivity contribution in [1.29, 1.82) is 0 Å². The summed E-state index contributed by atoms with van der Waals surface area (Å²) in [6.07, 6.45) is 10.8. The quantitative estimate of drug-likeness (QED) is 0.705. The summed E-state index contributed by atoms with van der Waals surface area (Å²) in [6, 6.07) is 1.24. The summed E-state index contributed by atoms with van der Waals surface area (Å²) in [5.41, 5.74) is 5.78. The van der Waals surface area contributed by atoms with Gasteiger partial charge in [-0.2, -0.15) is 0 Å². The molecule has 2 N–H and O–H groups in total. The van der Waals surface area contributed by atoms with Crippen LogP contribution in [-0.4, -0.2) is 30.1 Å². The van der Waals surface area contributed by atoms with Crippen LogP contribution in [0.5, 0.6) is 0 Å². The lowest BCUT2D eigenvalue weighted by Crippen LogP contribution is -2.35. The molecule has 1 fully saturated rings. The van der Waals surface area contributed by atoms with Gasteiger partial charge in [0, 0.05) is 12.1 Å². The molecule has 1 aliphatic rings. The fourth-order valence-electron chi connectivity index (χ4n) is 2.77. The fraction of sp³-hybridized carbons (Fsp3) is 1.00. The molecule has 0 spiro atoms. The average molecular weight is 226 g/mol. The van der Waals surface area contributed by atoms with Gasteiger partial charge in [0.05, 0.1) is 0 Å². The second-order valence-corrected chi connectivity index (χ2v) is 5.42. The van der Waals surface area contributed by atoms with Gasteiger partial charge in [-0.05, 0) is 52.1 Å². The molecule has 0 amide bonds. The van der Waals surface area contributed by atoms with E-state index in [1.165, 1.54) is 64.5 Å². The predicted octanol–water partition coefficient (Wildman–Crippen LogP) is 3.16. The number of nitrogens with zero attached hydrogens (tertiary/aromatic N) is 1. The molecule has 1 saturated heterocycles. The maximum Gasteiger partial charge on any atom is 0.00926 e. The molecule has 2 atom stereocenters. The van der Waals surface area contributed by atoms with Gasteiger partial charge < -0.3 is 10.6 Å². The molecule has 0 aliphatic carbocycles. The van der Waals surface area contributed by atoms with E-state index in [2.05, 4.69) is 18.7 Å². The smallest absolute Gasteiger partial charge is 0.00926 e. The molecule has 2 unspecified atom stereocenters. The summed E-state index contributed by atoms with van der Waals surface area (Å²) in [6.45, 7) is 7.08. The Labute approximate surface area is 102 Å². The number of unbranched alkanes of at least 4 members (excludes halogenated alkanes) is 1. The van der Waals surface area contributed by atoms with Crippen LogP contribution in [-0.2, 0) is 0 Å². The Bertz CT molecular complexity index is 168. The van der Waals surface area contributed by atoms with Crippen LogP contribution in [0.25, 0.3) is 0 Å². The Hall–Kier alpha value is -0.0800. The van der Waals surface area contributed by atoms with E-state index in [1.54, 1.807) is 0 Å². The monoisotopic (exact) mass is 226 g/mol. The number of nitrogens with two attached hydrogens (primary N) is 1. The van der Waals surface area contributed by atoms with E-state index >= 15 is 0 Å². The van der Waals surface area contributed by atoms with E-state index < -0.39 is 0 Å². The van der Waals surface area contributed by atoms with Gasteiger partial charge in [-0.3, -0.25) is 0 Å². The Morgan fingerprint density at radius 1 is 1.25 bits per heavy atom.